The Morgan fingerprint density at radius 3 is 3.11 bits per heavy atom. The van der Waals surface area contributed by atoms with Crippen molar-refractivity contribution in [3.05, 3.63) is 5.82 Å². The van der Waals surface area contributed by atoms with Crippen molar-refractivity contribution in [2.75, 3.05) is 12.9 Å². The zero-order chi connectivity index (χ0) is 12.8. The highest BCUT2D eigenvalue weighted by atomic mass is 32.2. The van der Waals surface area contributed by atoms with Gasteiger partial charge in [-0.2, -0.15) is 0 Å². The molecule has 18 heavy (non-hydrogen) atoms. The molecule has 1 aromatic rings. The van der Waals surface area contributed by atoms with Crippen molar-refractivity contribution in [3.8, 4) is 0 Å². The zero-order valence-electron chi connectivity index (χ0n) is 10.7. The fraction of sp³-hybridized carbons (Fsp3) is 0.750. The van der Waals surface area contributed by atoms with Gasteiger partial charge < -0.3 is 9.30 Å². The minimum Gasteiger partial charge on any atom is -0.469 e. The molecule has 0 N–H and O–H groups in total. The molecule has 1 aliphatic rings. The SMILES string of the molecule is COC(=O)CCCSc1nnc2n1CCCCC2. The average Bonchev–Trinajstić information content (AvgIpc) is 2.62. The van der Waals surface area contributed by atoms with Crippen LogP contribution in [0.5, 0.6) is 0 Å². The van der Waals surface area contributed by atoms with Crippen LogP contribution in [0, 0.1) is 0 Å². The number of hydrogen-bond donors (Lipinski definition) is 0. The number of ether oxygens (including phenoxy) is 1. The standard InChI is InChI=1S/C12H19N3O2S/c1-17-11(16)7-5-9-18-12-14-13-10-6-3-2-4-8-15(10)12/h2-9H2,1H3. The van der Waals surface area contributed by atoms with Crippen LogP contribution in [0.4, 0.5) is 0 Å². The van der Waals surface area contributed by atoms with E-state index in [1.807, 2.05) is 0 Å². The number of thioether (sulfide) groups is 1. The molecule has 5 nitrogen and oxygen atoms in total. The zero-order valence-corrected chi connectivity index (χ0v) is 11.5. The third-order valence-corrected chi connectivity index (χ3v) is 4.11. The van der Waals surface area contributed by atoms with E-state index in [1.54, 1.807) is 11.8 Å². The lowest BCUT2D eigenvalue weighted by atomic mass is 10.2. The van der Waals surface area contributed by atoms with Crippen molar-refractivity contribution in [3.63, 3.8) is 0 Å². The van der Waals surface area contributed by atoms with Crippen molar-refractivity contribution < 1.29 is 9.53 Å². The van der Waals surface area contributed by atoms with Crippen molar-refractivity contribution in [2.24, 2.45) is 0 Å². The van der Waals surface area contributed by atoms with Gasteiger partial charge in [0, 0.05) is 25.1 Å². The predicted octanol–water partition coefficient (Wildman–Crippen LogP) is 2.05. The average molecular weight is 269 g/mol. The van der Waals surface area contributed by atoms with Crippen LogP contribution >= 0.6 is 11.8 Å². The van der Waals surface area contributed by atoms with Crippen LogP contribution < -0.4 is 0 Å². The molecule has 0 fully saturated rings. The first-order chi connectivity index (χ1) is 8.81. The van der Waals surface area contributed by atoms with Gasteiger partial charge in [-0.3, -0.25) is 4.79 Å². The van der Waals surface area contributed by atoms with E-state index in [-0.39, 0.29) is 5.97 Å². The van der Waals surface area contributed by atoms with Crippen LogP contribution in [0.2, 0.25) is 0 Å². The van der Waals surface area contributed by atoms with Gasteiger partial charge in [-0.25, -0.2) is 0 Å². The Morgan fingerprint density at radius 1 is 1.39 bits per heavy atom. The summed E-state index contributed by atoms with van der Waals surface area (Å²) in [6, 6.07) is 0. The maximum atomic E-state index is 11.0. The molecule has 0 bridgehead atoms. The van der Waals surface area contributed by atoms with E-state index in [9.17, 15) is 4.79 Å². The molecular formula is C12H19N3O2S. The maximum Gasteiger partial charge on any atom is 0.305 e. The summed E-state index contributed by atoms with van der Waals surface area (Å²) < 4.78 is 6.85. The molecule has 0 atom stereocenters. The van der Waals surface area contributed by atoms with Crippen molar-refractivity contribution in [1.29, 1.82) is 0 Å². The lowest BCUT2D eigenvalue weighted by Gasteiger charge is -2.05. The van der Waals surface area contributed by atoms with Gasteiger partial charge in [-0.05, 0) is 19.3 Å². The first kappa shape index (κ1) is 13.4. The maximum absolute atomic E-state index is 11.0. The first-order valence-corrected chi connectivity index (χ1v) is 7.41. The highest BCUT2D eigenvalue weighted by Crippen LogP contribution is 2.22. The van der Waals surface area contributed by atoms with Crippen LogP contribution in [0.3, 0.4) is 0 Å². The minimum atomic E-state index is -0.143. The van der Waals surface area contributed by atoms with Crippen LogP contribution in [-0.2, 0) is 22.5 Å². The molecule has 0 amide bonds. The molecule has 2 heterocycles. The highest BCUT2D eigenvalue weighted by molar-refractivity contribution is 7.99. The number of rotatable bonds is 5. The molecule has 0 aromatic carbocycles. The lowest BCUT2D eigenvalue weighted by Crippen LogP contribution is -2.03. The van der Waals surface area contributed by atoms with Gasteiger partial charge in [0.2, 0.25) is 0 Å². The Kier molecular flexibility index (Phi) is 5.04. The minimum absolute atomic E-state index is 0.143. The number of fused-ring (bicyclic) bond motifs is 1. The molecule has 0 saturated heterocycles. The number of esters is 1. The molecule has 100 valence electrons. The van der Waals surface area contributed by atoms with E-state index in [1.165, 1.54) is 26.4 Å². The summed E-state index contributed by atoms with van der Waals surface area (Å²) in [4.78, 5) is 11.0. The topological polar surface area (TPSA) is 57.0 Å². The van der Waals surface area contributed by atoms with E-state index in [0.29, 0.717) is 6.42 Å². The van der Waals surface area contributed by atoms with Gasteiger partial charge in [0.15, 0.2) is 5.16 Å². The Morgan fingerprint density at radius 2 is 2.28 bits per heavy atom. The molecule has 0 unspecified atom stereocenters. The number of nitrogens with zero attached hydrogens (tertiary/aromatic N) is 3. The van der Waals surface area contributed by atoms with Crippen LogP contribution in [-0.4, -0.2) is 33.6 Å². The predicted molar refractivity (Wildman–Crippen MR) is 69.6 cm³/mol. The monoisotopic (exact) mass is 269 g/mol. The number of aryl methyl sites for hydroxylation is 1. The van der Waals surface area contributed by atoms with E-state index in [0.717, 1.165) is 36.1 Å². The van der Waals surface area contributed by atoms with Gasteiger partial charge in [0.05, 0.1) is 7.11 Å². The van der Waals surface area contributed by atoms with Crippen LogP contribution in [0.1, 0.15) is 37.9 Å². The number of aromatic nitrogens is 3. The lowest BCUT2D eigenvalue weighted by molar-refractivity contribution is -0.140. The number of carbonyl (C=O) groups is 1. The Hall–Kier alpha value is -1.04. The normalized spacial score (nSPS) is 14.9. The molecule has 0 saturated carbocycles. The molecule has 6 heteroatoms. The van der Waals surface area contributed by atoms with E-state index >= 15 is 0 Å². The second-order valence-electron chi connectivity index (χ2n) is 4.39. The van der Waals surface area contributed by atoms with E-state index < -0.39 is 0 Å². The molecule has 0 aliphatic carbocycles. The summed E-state index contributed by atoms with van der Waals surface area (Å²) in [6.45, 7) is 1.03. The van der Waals surface area contributed by atoms with Gasteiger partial charge in [0.25, 0.3) is 0 Å². The second-order valence-corrected chi connectivity index (χ2v) is 5.45. The Balaban J connectivity index is 1.82. The van der Waals surface area contributed by atoms with Crippen LogP contribution in [0.15, 0.2) is 5.16 Å². The van der Waals surface area contributed by atoms with Gasteiger partial charge >= 0.3 is 5.97 Å². The number of carbonyl (C=O) groups excluding carboxylic acids is 1. The summed E-state index contributed by atoms with van der Waals surface area (Å²) >= 11 is 1.69. The summed E-state index contributed by atoms with van der Waals surface area (Å²) in [7, 11) is 1.42. The Bertz CT molecular complexity index is 406. The molecule has 1 aliphatic heterocycles. The van der Waals surface area contributed by atoms with Crippen molar-refractivity contribution in [2.45, 2.75) is 50.2 Å². The number of methoxy groups -OCH3 is 1. The molecule has 0 spiro atoms. The second kappa shape index (κ2) is 6.78. The fourth-order valence-corrected chi connectivity index (χ4v) is 2.97. The molecule has 1 aromatic heterocycles. The van der Waals surface area contributed by atoms with Gasteiger partial charge in [0.1, 0.15) is 5.82 Å². The number of hydrogen-bond acceptors (Lipinski definition) is 5. The first-order valence-electron chi connectivity index (χ1n) is 6.43. The van der Waals surface area contributed by atoms with Crippen molar-refractivity contribution >= 4 is 17.7 Å². The smallest absolute Gasteiger partial charge is 0.305 e. The fourth-order valence-electron chi connectivity index (χ4n) is 2.05. The quantitative estimate of drug-likeness (QED) is 0.465. The van der Waals surface area contributed by atoms with E-state index in [4.69, 9.17) is 0 Å². The summed E-state index contributed by atoms with van der Waals surface area (Å²) in [5.74, 6) is 1.85. The van der Waals surface area contributed by atoms with Crippen molar-refractivity contribution in [1.82, 2.24) is 14.8 Å². The molecular weight excluding hydrogens is 250 g/mol. The third-order valence-electron chi connectivity index (χ3n) is 3.06. The van der Waals surface area contributed by atoms with Gasteiger partial charge in [-0.15, -0.1) is 10.2 Å². The van der Waals surface area contributed by atoms with E-state index in [2.05, 4.69) is 19.5 Å². The Labute approximate surface area is 111 Å². The summed E-state index contributed by atoms with van der Waals surface area (Å²) in [5.41, 5.74) is 0. The summed E-state index contributed by atoms with van der Waals surface area (Å²) in [5, 5.41) is 9.48. The van der Waals surface area contributed by atoms with Gasteiger partial charge in [-0.1, -0.05) is 18.2 Å². The van der Waals surface area contributed by atoms with Crippen LogP contribution in [0.25, 0.3) is 0 Å². The third kappa shape index (κ3) is 3.48. The summed E-state index contributed by atoms with van der Waals surface area (Å²) in [6.07, 6.45) is 6.03. The molecule has 0 radical (unpaired) electrons. The largest absolute Gasteiger partial charge is 0.469 e. The highest BCUT2D eigenvalue weighted by Gasteiger charge is 2.14. The molecule has 2 rings (SSSR count).